The van der Waals surface area contributed by atoms with Gasteiger partial charge in [0.1, 0.15) is 5.60 Å². The number of ether oxygens (including phenoxy) is 2. The Morgan fingerprint density at radius 2 is 2.04 bits per heavy atom. The van der Waals surface area contributed by atoms with E-state index in [9.17, 15) is 4.79 Å². The van der Waals surface area contributed by atoms with Crippen molar-refractivity contribution in [2.45, 2.75) is 71.7 Å². The van der Waals surface area contributed by atoms with Gasteiger partial charge in [0, 0.05) is 18.5 Å². The lowest BCUT2D eigenvalue weighted by Crippen LogP contribution is -2.47. The second-order valence-corrected chi connectivity index (χ2v) is 8.23. The molecular formula is C17H28N2O3S. The third-order valence-corrected chi connectivity index (χ3v) is 4.99. The summed E-state index contributed by atoms with van der Waals surface area (Å²) in [4.78, 5) is 18.4. The fourth-order valence-corrected chi connectivity index (χ4v) is 3.19. The quantitative estimate of drug-likeness (QED) is 0.831. The van der Waals surface area contributed by atoms with Gasteiger partial charge in [0.2, 0.25) is 0 Å². The van der Waals surface area contributed by atoms with Gasteiger partial charge < -0.3 is 14.4 Å². The lowest BCUT2D eigenvalue weighted by Gasteiger charge is -2.39. The summed E-state index contributed by atoms with van der Waals surface area (Å²) in [7, 11) is 0. The molecule has 0 N–H and O–H groups in total. The van der Waals surface area contributed by atoms with E-state index in [0.29, 0.717) is 19.7 Å². The van der Waals surface area contributed by atoms with Gasteiger partial charge in [0.25, 0.3) is 0 Å². The highest BCUT2D eigenvalue weighted by Gasteiger charge is 2.34. The number of hydrogen-bond donors (Lipinski definition) is 0. The summed E-state index contributed by atoms with van der Waals surface area (Å²) >= 11 is 1.68. The second-order valence-electron chi connectivity index (χ2n) is 7.29. The molecule has 1 saturated heterocycles. The molecule has 1 fully saturated rings. The fraction of sp³-hybridized carbons (Fsp3) is 0.765. The molecule has 1 amide bonds. The van der Waals surface area contributed by atoms with Crippen molar-refractivity contribution in [2.75, 3.05) is 13.1 Å². The fourth-order valence-electron chi connectivity index (χ4n) is 2.46. The molecule has 5 nitrogen and oxygen atoms in total. The van der Waals surface area contributed by atoms with Crippen molar-refractivity contribution in [3.8, 4) is 0 Å². The molecule has 0 bridgehead atoms. The number of amides is 1. The van der Waals surface area contributed by atoms with Crippen LogP contribution in [0.5, 0.6) is 0 Å². The molecule has 0 aliphatic carbocycles. The minimum Gasteiger partial charge on any atom is -0.444 e. The molecule has 23 heavy (non-hydrogen) atoms. The standard InChI is InChI=1S/C17H28N2O3S/c1-6-14-18-13(12-23-14)11-21-17(5)7-9-19(10-8-17)15(20)22-16(2,3)4/h12H,6-11H2,1-5H3. The third-order valence-electron chi connectivity index (χ3n) is 3.94. The van der Waals surface area contributed by atoms with Crippen molar-refractivity contribution in [3.63, 3.8) is 0 Å². The van der Waals surface area contributed by atoms with Crippen LogP contribution < -0.4 is 0 Å². The first-order valence-electron chi connectivity index (χ1n) is 8.26. The molecule has 1 aromatic heterocycles. The highest BCUT2D eigenvalue weighted by Crippen LogP contribution is 2.28. The Morgan fingerprint density at radius 3 is 2.57 bits per heavy atom. The van der Waals surface area contributed by atoms with E-state index in [2.05, 4.69) is 24.2 Å². The van der Waals surface area contributed by atoms with Crippen LogP contribution >= 0.6 is 11.3 Å². The van der Waals surface area contributed by atoms with Crippen molar-refractivity contribution in [2.24, 2.45) is 0 Å². The van der Waals surface area contributed by atoms with Gasteiger partial charge in [-0.1, -0.05) is 6.92 Å². The third kappa shape index (κ3) is 5.46. The molecule has 0 saturated carbocycles. The van der Waals surface area contributed by atoms with Gasteiger partial charge >= 0.3 is 6.09 Å². The number of carbonyl (C=O) groups excluding carboxylic acids is 1. The zero-order chi connectivity index (χ0) is 17.1. The number of piperidine rings is 1. The van der Waals surface area contributed by atoms with Crippen molar-refractivity contribution in [1.82, 2.24) is 9.88 Å². The molecule has 0 unspecified atom stereocenters. The summed E-state index contributed by atoms with van der Waals surface area (Å²) < 4.78 is 11.5. The number of aromatic nitrogens is 1. The van der Waals surface area contributed by atoms with Crippen LogP contribution in [0.4, 0.5) is 4.79 Å². The van der Waals surface area contributed by atoms with E-state index in [-0.39, 0.29) is 11.7 Å². The lowest BCUT2D eigenvalue weighted by molar-refractivity contribution is -0.0820. The summed E-state index contributed by atoms with van der Waals surface area (Å²) in [5.41, 5.74) is 0.354. The molecule has 0 radical (unpaired) electrons. The lowest BCUT2D eigenvalue weighted by atomic mass is 9.93. The molecule has 1 aromatic rings. The smallest absolute Gasteiger partial charge is 0.410 e. The number of aryl methyl sites for hydroxylation is 1. The van der Waals surface area contributed by atoms with Crippen LogP contribution in [0.3, 0.4) is 0 Å². The number of likely N-dealkylation sites (tertiary alicyclic amines) is 1. The molecule has 2 heterocycles. The Morgan fingerprint density at radius 1 is 1.39 bits per heavy atom. The van der Waals surface area contributed by atoms with Gasteiger partial charge in [0.15, 0.2) is 0 Å². The topological polar surface area (TPSA) is 51.7 Å². The van der Waals surface area contributed by atoms with Crippen LogP contribution in [0.15, 0.2) is 5.38 Å². The summed E-state index contributed by atoms with van der Waals surface area (Å²) in [6, 6.07) is 0. The van der Waals surface area contributed by atoms with Crippen LogP contribution in [0.1, 0.15) is 58.2 Å². The van der Waals surface area contributed by atoms with Crippen molar-refractivity contribution >= 4 is 17.4 Å². The second kappa shape index (κ2) is 7.18. The average molecular weight is 340 g/mol. The summed E-state index contributed by atoms with van der Waals surface area (Å²) in [5, 5.41) is 3.21. The Hall–Kier alpha value is -1.14. The SMILES string of the molecule is CCc1nc(COC2(C)CCN(C(=O)OC(C)(C)C)CC2)cs1. The summed E-state index contributed by atoms with van der Waals surface area (Å²) in [5.74, 6) is 0. The van der Waals surface area contributed by atoms with Gasteiger partial charge in [-0.15, -0.1) is 11.3 Å². The first-order chi connectivity index (χ1) is 10.7. The molecule has 2 rings (SSSR count). The highest BCUT2D eigenvalue weighted by atomic mass is 32.1. The van der Waals surface area contributed by atoms with Crippen molar-refractivity contribution in [1.29, 1.82) is 0 Å². The monoisotopic (exact) mass is 340 g/mol. The predicted octanol–water partition coefficient (Wildman–Crippen LogP) is 4.01. The van der Waals surface area contributed by atoms with Gasteiger partial charge in [0.05, 0.1) is 22.9 Å². The van der Waals surface area contributed by atoms with Gasteiger partial charge in [-0.05, 0) is 47.0 Å². The number of carbonyl (C=O) groups is 1. The minimum absolute atomic E-state index is 0.200. The average Bonchev–Trinajstić information content (AvgIpc) is 2.92. The Balaban J connectivity index is 1.81. The normalized spacial score (nSPS) is 18.0. The van der Waals surface area contributed by atoms with E-state index in [1.165, 1.54) is 0 Å². The molecule has 130 valence electrons. The molecule has 1 aliphatic heterocycles. The van der Waals surface area contributed by atoms with E-state index >= 15 is 0 Å². The van der Waals surface area contributed by atoms with Gasteiger partial charge in [-0.3, -0.25) is 0 Å². The highest BCUT2D eigenvalue weighted by molar-refractivity contribution is 7.09. The van der Waals surface area contributed by atoms with E-state index < -0.39 is 5.60 Å². The van der Waals surface area contributed by atoms with E-state index in [1.54, 1.807) is 16.2 Å². The predicted molar refractivity (Wildman–Crippen MR) is 91.7 cm³/mol. The summed E-state index contributed by atoms with van der Waals surface area (Å²) in [6.07, 6.45) is 2.37. The minimum atomic E-state index is -0.448. The molecule has 0 aromatic carbocycles. The number of rotatable bonds is 4. The van der Waals surface area contributed by atoms with Crippen LogP contribution in [-0.2, 0) is 22.5 Å². The molecule has 0 atom stereocenters. The van der Waals surface area contributed by atoms with E-state index in [0.717, 1.165) is 30.0 Å². The summed E-state index contributed by atoms with van der Waals surface area (Å²) in [6.45, 7) is 11.8. The van der Waals surface area contributed by atoms with E-state index in [4.69, 9.17) is 9.47 Å². The number of thiazole rings is 1. The first-order valence-corrected chi connectivity index (χ1v) is 9.14. The van der Waals surface area contributed by atoms with Gasteiger partial charge in [-0.2, -0.15) is 0 Å². The van der Waals surface area contributed by atoms with E-state index in [1.807, 2.05) is 20.8 Å². The maximum Gasteiger partial charge on any atom is 0.410 e. The van der Waals surface area contributed by atoms with Crippen LogP contribution in [-0.4, -0.2) is 40.3 Å². The maximum atomic E-state index is 12.1. The number of nitrogens with zero attached hydrogens (tertiary/aromatic N) is 2. The molecule has 1 aliphatic rings. The Labute approximate surface area is 143 Å². The zero-order valence-corrected chi connectivity index (χ0v) is 15.7. The maximum absolute atomic E-state index is 12.1. The number of hydrogen-bond acceptors (Lipinski definition) is 5. The Kier molecular flexibility index (Phi) is 5.68. The molecular weight excluding hydrogens is 312 g/mol. The first kappa shape index (κ1) is 18.2. The van der Waals surface area contributed by atoms with Crippen molar-refractivity contribution < 1.29 is 14.3 Å². The van der Waals surface area contributed by atoms with Gasteiger partial charge in [-0.25, -0.2) is 9.78 Å². The Bertz CT molecular complexity index is 528. The van der Waals surface area contributed by atoms with Crippen LogP contribution in [0.2, 0.25) is 0 Å². The van der Waals surface area contributed by atoms with Crippen LogP contribution in [0.25, 0.3) is 0 Å². The zero-order valence-electron chi connectivity index (χ0n) is 14.8. The molecule has 0 spiro atoms. The molecule has 6 heteroatoms. The largest absolute Gasteiger partial charge is 0.444 e. The van der Waals surface area contributed by atoms with Crippen molar-refractivity contribution in [3.05, 3.63) is 16.1 Å². The van der Waals surface area contributed by atoms with Crippen LogP contribution in [0, 0.1) is 0 Å².